The standard InChI is InChI=1S/C19H27N3O3/c1-3-24-17-10-16(23)19(17)6-8-22(9-7-19)12-14-11-20-21-18(14)15-5-4-13(2)25-15/h4-5,11,16-17,23H,3,6-10,12H2,1-2H3,(H,20,21). The van der Waals surface area contributed by atoms with Crippen molar-refractivity contribution in [3.63, 3.8) is 0 Å². The third-order valence-electron chi connectivity index (χ3n) is 6.00. The molecule has 0 amide bonds. The van der Waals surface area contributed by atoms with E-state index >= 15 is 0 Å². The van der Waals surface area contributed by atoms with E-state index in [0.717, 1.165) is 68.3 Å². The van der Waals surface area contributed by atoms with Crippen molar-refractivity contribution in [2.24, 2.45) is 5.41 Å². The maximum absolute atomic E-state index is 10.3. The van der Waals surface area contributed by atoms with Gasteiger partial charge in [-0.3, -0.25) is 10.00 Å². The third kappa shape index (κ3) is 2.92. The van der Waals surface area contributed by atoms with Gasteiger partial charge in [0.15, 0.2) is 5.76 Å². The number of hydrogen-bond acceptors (Lipinski definition) is 5. The van der Waals surface area contributed by atoms with Crippen molar-refractivity contribution in [1.29, 1.82) is 0 Å². The van der Waals surface area contributed by atoms with Crippen LogP contribution in [-0.4, -0.2) is 52.1 Å². The number of likely N-dealkylation sites (tertiary alicyclic amines) is 1. The highest BCUT2D eigenvalue weighted by molar-refractivity contribution is 5.56. The van der Waals surface area contributed by atoms with Gasteiger partial charge in [0.25, 0.3) is 0 Å². The predicted molar refractivity (Wildman–Crippen MR) is 94.0 cm³/mol. The average Bonchev–Trinajstić information content (AvgIpc) is 3.24. The van der Waals surface area contributed by atoms with Crippen LogP contribution in [0, 0.1) is 12.3 Å². The first-order valence-corrected chi connectivity index (χ1v) is 9.23. The van der Waals surface area contributed by atoms with E-state index < -0.39 is 0 Å². The highest BCUT2D eigenvalue weighted by atomic mass is 16.5. The zero-order valence-corrected chi connectivity index (χ0v) is 15.0. The number of H-pyrrole nitrogens is 1. The third-order valence-corrected chi connectivity index (χ3v) is 6.00. The zero-order chi connectivity index (χ0) is 17.4. The second-order valence-corrected chi connectivity index (χ2v) is 7.39. The van der Waals surface area contributed by atoms with E-state index in [2.05, 4.69) is 15.1 Å². The minimum Gasteiger partial charge on any atom is -0.460 e. The van der Waals surface area contributed by atoms with Crippen LogP contribution in [0.15, 0.2) is 22.7 Å². The molecule has 2 aliphatic rings. The molecule has 2 aromatic heterocycles. The van der Waals surface area contributed by atoms with Gasteiger partial charge in [0.2, 0.25) is 0 Å². The van der Waals surface area contributed by atoms with E-state index in [4.69, 9.17) is 9.15 Å². The Balaban J connectivity index is 1.41. The number of rotatable bonds is 5. The molecule has 1 spiro atoms. The second kappa shape index (κ2) is 6.59. The van der Waals surface area contributed by atoms with Crippen molar-refractivity contribution in [2.75, 3.05) is 19.7 Å². The van der Waals surface area contributed by atoms with Gasteiger partial charge in [-0.05, 0) is 51.9 Å². The summed E-state index contributed by atoms with van der Waals surface area (Å²) in [5.74, 6) is 1.74. The van der Waals surface area contributed by atoms with Crippen molar-refractivity contribution in [3.05, 3.63) is 29.7 Å². The molecule has 4 rings (SSSR count). The average molecular weight is 345 g/mol. The van der Waals surface area contributed by atoms with Gasteiger partial charge < -0.3 is 14.3 Å². The van der Waals surface area contributed by atoms with Crippen molar-refractivity contribution in [2.45, 2.75) is 51.9 Å². The maximum Gasteiger partial charge on any atom is 0.152 e. The van der Waals surface area contributed by atoms with Crippen molar-refractivity contribution in [1.82, 2.24) is 15.1 Å². The topological polar surface area (TPSA) is 74.5 Å². The van der Waals surface area contributed by atoms with E-state index in [1.54, 1.807) is 0 Å². The number of piperidine rings is 1. The number of aromatic amines is 1. The molecule has 2 N–H and O–H groups in total. The van der Waals surface area contributed by atoms with Crippen LogP contribution in [0.4, 0.5) is 0 Å². The van der Waals surface area contributed by atoms with Crippen LogP contribution < -0.4 is 0 Å². The lowest BCUT2D eigenvalue weighted by atomic mass is 9.58. The molecule has 2 atom stereocenters. The van der Waals surface area contributed by atoms with Crippen LogP contribution in [0.1, 0.15) is 37.5 Å². The number of nitrogens with zero attached hydrogens (tertiary/aromatic N) is 2. The van der Waals surface area contributed by atoms with E-state index in [1.807, 2.05) is 32.2 Å². The summed E-state index contributed by atoms with van der Waals surface area (Å²) in [5.41, 5.74) is 2.09. The van der Waals surface area contributed by atoms with Crippen molar-refractivity contribution < 1.29 is 14.3 Å². The van der Waals surface area contributed by atoms with Crippen molar-refractivity contribution in [3.8, 4) is 11.5 Å². The Hall–Kier alpha value is -1.63. The maximum atomic E-state index is 10.3. The summed E-state index contributed by atoms with van der Waals surface area (Å²) in [6.45, 7) is 7.50. The van der Waals surface area contributed by atoms with E-state index in [9.17, 15) is 5.11 Å². The molecule has 1 aliphatic carbocycles. The van der Waals surface area contributed by atoms with Crippen LogP contribution in [-0.2, 0) is 11.3 Å². The van der Waals surface area contributed by atoms with E-state index in [1.165, 1.54) is 0 Å². The Morgan fingerprint density at radius 1 is 1.40 bits per heavy atom. The summed E-state index contributed by atoms with van der Waals surface area (Å²) < 4.78 is 11.6. The SMILES string of the molecule is CCOC1CC(O)C12CCN(Cc1cn[nH]c1-c1ccc(C)o1)CC2. The molecule has 1 saturated carbocycles. The molecule has 0 radical (unpaired) electrons. The van der Waals surface area contributed by atoms with Gasteiger partial charge in [-0.25, -0.2) is 0 Å². The molecule has 1 saturated heterocycles. The van der Waals surface area contributed by atoms with E-state index in [-0.39, 0.29) is 17.6 Å². The van der Waals surface area contributed by atoms with E-state index in [0.29, 0.717) is 0 Å². The fraction of sp³-hybridized carbons (Fsp3) is 0.632. The first-order valence-electron chi connectivity index (χ1n) is 9.23. The van der Waals surface area contributed by atoms with Gasteiger partial charge in [0.05, 0.1) is 18.4 Å². The molecule has 25 heavy (non-hydrogen) atoms. The van der Waals surface area contributed by atoms with Gasteiger partial charge in [-0.1, -0.05) is 0 Å². The molecule has 3 heterocycles. The Kier molecular flexibility index (Phi) is 4.43. The Bertz CT molecular complexity index is 713. The second-order valence-electron chi connectivity index (χ2n) is 7.39. The largest absolute Gasteiger partial charge is 0.460 e. The van der Waals surface area contributed by atoms with Gasteiger partial charge in [0, 0.05) is 30.6 Å². The summed E-state index contributed by atoms with van der Waals surface area (Å²) in [4.78, 5) is 2.43. The quantitative estimate of drug-likeness (QED) is 0.871. The Morgan fingerprint density at radius 2 is 2.20 bits per heavy atom. The molecule has 6 nitrogen and oxygen atoms in total. The van der Waals surface area contributed by atoms with Crippen LogP contribution in [0.2, 0.25) is 0 Å². The molecular formula is C19H27N3O3. The van der Waals surface area contributed by atoms with Gasteiger partial charge in [0.1, 0.15) is 11.5 Å². The normalized spacial score (nSPS) is 26.0. The lowest BCUT2D eigenvalue weighted by Gasteiger charge is -2.56. The van der Waals surface area contributed by atoms with Gasteiger partial charge in [-0.2, -0.15) is 5.10 Å². The number of aliphatic hydroxyl groups is 1. The fourth-order valence-electron chi connectivity index (χ4n) is 4.40. The number of hydrogen-bond donors (Lipinski definition) is 2. The van der Waals surface area contributed by atoms with Gasteiger partial charge in [-0.15, -0.1) is 0 Å². The highest BCUT2D eigenvalue weighted by Crippen LogP contribution is 2.51. The van der Waals surface area contributed by atoms with Crippen LogP contribution in [0.25, 0.3) is 11.5 Å². The summed E-state index contributed by atoms with van der Waals surface area (Å²) in [6, 6.07) is 3.95. The van der Waals surface area contributed by atoms with Crippen LogP contribution in [0.5, 0.6) is 0 Å². The van der Waals surface area contributed by atoms with Crippen LogP contribution >= 0.6 is 0 Å². The smallest absolute Gasteiger partial charge is 0.152 e. The highest BCUT2D eigenvalue weighted by Gasteiger charge is 2.55. The lowest BCUT2D eigenvalue weighted by molar-refractivity contribution is -0.209. The minimum atomic E-state index is -0.207. The number of furan rings is 1. The first kappa shape index (κ1) is 16.8. The molecule has 2 fully saturated rings. The summed E-state index contributed by atoms with van der Waals surface area (Å²) in [7, 11) is 0. The van der Waals surface area contributed by atoms with Crippen molar-refractivity contribution >= 4 is 0 Å². The minimum absolute atomic E-state index is 0.0239. The van der Waals surface area contributed by atoms with Gasteiger partial charge >= 0.3 is 0 Å². The molecular weight excluding hydrogens is 318 g/mol. The molecule has 136 valence electrons. The van der Waals surface area contributed by atoms with Crippen LogP contribution in [0.3, 0.4) is 0 Å². The Labute approximate surface area is 148 Å². The molecule has 0 aromatic carbocycles. The molecule has 6 heteroatoms. The zero-order valence-electron chi connectivity index (χ0n) is 15.0. The number of aromatic nitrogens is 2. The number of aliphatic hydroxyl groups excluding tert-OH is 1. The Morgan fingerprint density at radius 3 is 2.84 bits per heavy atom. The fourth-order valence-corrected chi connectivity index (χ4v) is 4.40. The summed E-state index contributed by atoms with van der Waals surface area (Å²) >= 11 is 0. The number of aryl methyl sites for hydroxylation is 1. The summed E-state index contributed by atoms with van der Waals surface area (Å²) in [6.07, 6.45) is 4.68. The molecule has 1 aliphatic heterocycles. The number of nitrogens with one attached hydrogen (secondary N) is 1. The predicted octanol–water partition coefficient (Wildman–Crippen LogP) is 2.73. The lowest BCUT2D eigenvalue weighted by Crippen LogP contribution is -2.62. The molecule has 0 bridgehead atoms. The number of ether oxygens (including phenoxy) is 1. The molecule has 2 unspecified atom stereocenters. The summed E-state index contributed by atoms with van der Waals surface area (Å²) in [5, 5.41) is 17.6. The molecule has 2 aromatic rings. The monoisotopic (exact) mass is 345 g/mol. The first-order chi connectivity index (χ1) is 12.1.